The normalized spacial score (nSPS) is 13.4. The van der Waals surface area contributed by atoms with Crippen molar-refractivity contribution in [3.8, 4) is 0 Å². The molecule has 0 aliphatic heterocycles. The Balaban J connectivity index is 1.92. The number of aliphatic hydroxyl groups excluding tert-OH is 1. The van der Waals surface area contributed by atoms with Gasteiger partial charge in [-0.05, 0) is 41.3 Å². The van der Waals surface area contributed by atoms with Gasteiger partial charge in [0.15, 0.2) is 0 Å². The molecule has 2 N–H and O–H groups in total. The Kier molecular flexibility index (Phi) is 6.03. The third-order valence-electron chi connectivity index (χ3n) is 4.39. The van der Waals surface area contributed by atoms with Crippen LogP contribution in [-0.2, 0) is 6.61 Å². The van der Waals surface area contributed by atoms with E-state index < -0.39 is 0 Å². The minimum absolute atomic E-state index is 0.0532. The van der Waals surface area contributed by atoms with Gasteiger partial charge < -0.3 is 5.11 Å². The number of benzene rings is 3. The molecule has 0 aliphatic rings. The Morgan fingerprint density at radius 1 is 0.840 bits per heavy atom. The van der Waals surface area contributed by atoms with E-state index in [0.29, 0.717) is 0 Å². The quantitative estimate of drug-likeness (QED) is 0.586. The van der Waals surface area contributed by atoms with E-state index in [0.717, 1.165) is 15.6 Å². The predicted octanol–water partition coefficient (Wildman–Crippen LogP) is 5.38. The molecular formula is C22H22BrNO. The Bertz CT molecular complexity index is 802. The molecule has 3 rings (SSSR count). The Labute approximate surface area is 157 Å². The van der Waals surface area contributed by atoms with Crippen molar-refractivity contribution >= 4 is 15.9 Å². The minimum Gasteiger partial charge on any atom is -0.392 e. The maximum Gasteiger partial charge on any atom is 0.0681 e. The fourth-order valence-electron chi connectivity index (χ4n) is 3.00. The Morgan fingerprint density at radius 2 is 1.52 bits per heavy atom. The number of halogens is 1. The summed E-state index contributed by atoms with van der Waals surface area (Å²) in [4.78, 5) is 0. The molecule has 0 saturated carbocycles. The first-order valence-electron chi connectivity index (χ1n) is 8.43. The van der Waals surface area contributed by atoms with Crippen LogP contribution >= 0.6 is 15.9 Å². The molecule has 0 radical (unpaired) electrons. The zero-order valence-corrected chi connectivity index (χ0v) is 15.8. The second-order valence-electron chi connectivity index (χ2n) is 6.19. The molecule has 0 saturated heterocycles. The molecular weight excluding hydrogens is 374 g/mol. The van der Waals surface area contributed by atoms with Crippen LogP contribution in [0.2, 0.25) is 0 Å². The largest absolute Gasteiger partial charge is 0.392 e. The molecule has 25 heavy (non-hydrogen) atoms. The van der Waals surface area contributed by atoms with Crippen molar-refractivity contribution in [1.82, 2.24) is 5.32 Å². The van der Waals surface area contributed by atoms with Crippen LogP contribution < -0.4 is 5.32 Å². The van der Waals surface area contributed by atoms with Gasteiger partial charge in [0, 0.05) is 10.5 Å². The highest BCUT2D eigenvalue weighted by atomic mass is 79.9. The highest BCUT2D eigenvalue weighted by Crippen LogP contribution is 2.27. The molecule has 0 aromatic heterocycles. The lowest BCUT2D eigenvalue weighted by molar-refractivity contribution is 0.281. The third kappa shape index (κ3) is 4.57. The average Bonchev–Trinajstić information content (AvgIpc) is 2.67. The van der Waals surface area contributed by atoms with E-state index >= 15 is 0 Å². The van der Waals surface area contributed by atoms with Crippen LogP contribution in [0.1, 0.15) is 41.3 Å². The molecule has 0 bridgehead atoms. The van der Waals surface area contributed by atoms with Gasteiger partial charge in [-0.3, -0.25) is 5.32 Å². The van der Waals surface area contributed by atoms with E-state index in [1.165, 1.54) is 11.1 Å². The first-order chi connectivity index (χ1) is 12.2. The summed E-state index contributed by atoms with van der Waals surface area (Å²) in [5.41, 5.74) is 4.53. The number of hydrogen-bond acceptors (Lipinski definition) is 2. The van der Waals surface area contributed by atoms with Crippen LogP contribution in [0.5, 0.6) is 0 Å². The highest BCUT2D eigenvalue weighted by molar-refractivity contribution is 9.10. The summed E-state index contributed by atoms with van der Waals surface area (Å²) in [6, 6.07) is 27.2. The number of nitrogens with one attached hydrogen (secondary N) is 1. The standard InChI is InChI=1S/C22H22BrNO/c1-16(18-10-12-21(23)13-11-18)24-22(19-7-3-2-4-8-19)20-9-5-6-17(14-20)15-25/h2-14,16,22,24-25H,15H2,1H3/t16-,22?/m0/s1. The average molecular weight is 396 g/mol. The molecule has 2 atom stereocenters. The molecule has 3 heteroatoms. The number of aliphatic hydroxyl groups is 1. The van der Waals surface area contributed by atoms with Gasteiger partial charge in [-0.2, -0.15) is 0 Å². The first kappa shape index (κ1) is 17.9. The summed E-state index contributed by atoms with van der Waals surface area (Å²) in [6.45, 7) is 2.23. The molecule has 0 fully saturated rings. The van der Waals surface area contributed by atoms with Crippen molar-refractivity contribution in [2.45, 2.75) is 25.6 Å². The summed E-state index contributed by atoms with van der Waals surface area (Å²) in [6.07, 6.45) is 0. The SMILES string of the molecule is C[C@H](NC(c1ccccc1)c1cccc(CO)c1)c1ccc(Br)cc1. The number of rotatable bonds is 6. The monoisotopic (exact) mass is 395 g/mol. The zero-order valence-electron chi connectivity index (χ0n) is 14.2. The van der Waals surface area contributed by atoms with Gasteiger partial charge in [0.25, 0.3) is 0 Å². The Hall–Kier alpha value is -1.94. The van der Waals surface area contributed by atoms with Crippen molar-refractivity contribution in [3.05, 3.63) is 106 Å². The molecule has 2 nitrogen and oxygen atoms in total. The van der Waals surface area contributed by atoms with Crippen LogP contribution in [0.25, 0.3) is 0 Å². The second-order valence-corrected chi connectivity index (χ2v) is 7.10. The molecule has 0 spiro atoms. The number of hydrogen-bond donors (Lipinski definition) is 2. The van der Waals surface area contributed by atoms with E-state index in [4.69, 9.17) is 0 Å². The van der Waals surface area contributed by atoms with Crippen LogP contribution in [0.15, 0.2) is 83.3 Å². The van der Waals surface area contributed by atoms with Crippen molar-refractivity contribution in [1.29, 1.82) is 0 Å². The summed E-state index contributed by atoms with van der Waals surface area (Å²) in [7, 11) is 0. The predicted molar refractivity (Wildman–Crippen MR) is 106 cm³/mol. The van der Waals surface area contributed by atoms with Crippen molar-refractivity contribution in [2.24, 2.45) is 0 Å². The lowest BCUT2D eigenvalue weighted by Crippen LogP contribution is -2.25. The molecule has 0 aliphatic carbocycles. The smallest absolute Gasteiger partial charge is 0.0681 e. The van der Waals surface area contributed by atoms with E-state index in [-0.39, 0.29) is 18.7 Å². The van der Waals surface area contributed by atoms with Crippen LogP contribution in [-0.4, -0.2) is 5.11 Å². The van der Waals surface area contributed by atoms with Gasteiger partial charge in [0.2, 0.25) is 0 Å². The third-order valence-corrected chi connectivity index (χ3v) is 4.92. The van der Waals surface area contributed by atoms with Crippen molar-refractivity contribution in [2.75, 3.05) is 0 Å². The lowest BCUT2D eigenvalue weighted by Gasteiger charge is -2.25. The summed E-state index contributed by atoms with van der Waals surface area (Å²) < 4.78 is 1.08. The summed E-state index contributed by atoms with van der Waals surface area (Å²) in [5.74, 6) is 0. The second kappa shape index (κ2) is 8.43. The van der Waals surface area contributed by atoms with Gasteiger partial charge in [0.05, 0.1) is 12.6 Å². The van der Waals surface area contributed by atoms with E-state index in [2.05, 4.69) is 88.8 Å². The van der Waals surface area contributed by atoms with Crippen molar-refractivity contribution in [3.63, 3.8) is 0 Å². The fraction of sp³-hybridized carbons (Fsp3) is 0.182. The summed E-state index contributed by atoms with van der Waals surface area (Å²) in [5, 5.41) is 13.2. The first-order valence-corrected chi connectivity index (χ1v) is 9.23. The van der Waals surface area contributed by atoms with E-state index in [1.54, 1.807) is 0 Å². The maximum absolute atomic E-state index is 9.48. The van der Waals surface area contributed by atoms with Crippen LogP contribution in [0.3, 0.4) is 0 Å². The minimum atomic E-state index is 0.0532. The molecule has 0 amide bonds. The topological polar surface area (TPSA) is 32.3 Å². The van der Waals surface area contributed by atoms with Crippen LogP contribution in [0.4, 0.5) is 0 Å². The zero-order chi connectivity index (χ0) is 17.6. The van der Waals surface area contributed by atoms with Gasteiger partial charge in [-0.15, -0.1) is 0 Å². The van der Waals surface area contributed by atoms with Gasteiger partial charge in [0.1, 0.15) is 0 Å². The molecule has 128 valence electrons. The molecule has 3 aromatic rings. The van der Waals surface area contributed by atoms with Gasteiger partial charge >= 0.3 is 0 Å². The maximum atomic E-state index is 9.48. The van der Waals surface area contributed by atoms with Gasteiger partial charge in [-0.25, -0.2) is 0 Å². The van der Waals surface area contributed by atoms with Gasteiger partial charge in [-0.1, -0.05) is 82.7 Å². The summed E-state index contributed by atoms with van der Waals surface area (Å²) >= 11 is 3.49. The molecule has 0 heterocycles. The van der Waals surface area contributed by atoms with Crippen LogP contribution in [0, 0.1) is 0 Å². The van der Waals surface area contributed by atoms with E-state index in [1.807, 2.05) is 18.2 Å². The lowest BCUT2D eigenvalue weighted by atomic mass is 9.95. The molecule has 1 unspecified atom stereocenters. The van der Waals surface area contributed by atoms with Crippen molar-refractivity contribution < 1.29 is 5.11 Å². The highest BCUT2D eigenvalue weighted by Gasteiger charge is 2.17. The molecule has 3 aromatic carbocycles. The fourth-order valence-corrected chi connectivity index (χ4v) is 3.26. The van der Waals surface area contributed by atoms with E-state index in [9.17, 15) is 5.11 Å². The Morgan fingerprint density at radius 3 is 2.20 bits per heavy atom.